The summed E-state index contributed by atoms with van der Waals surface area (Å²) in [6.07, 6.45) is 2.05. The van der Waals surface area contributed by atoms with E-state index in [1.54, 1.807) is 0 Å². The summed E-state index contributed by atoms with van der Waals surface area (Å²) >= 11 is 0. The molecule has 1 amide bonds. The molecule has 0 aliphatic heterocycles. The Bertz CT molecular complexity index is 682. The smallest absolute Gasteiger partial charge is 0.262 e. The van der Waals surface area contributed by atoms with Gasteiger partial charge in [-0.25, -0.2) is 0 Å². The maximum atomic E-state index is 12.1. The van der Waals surface area contributed by atoms with Crippen molar-refractivity contribution in [2.24, 2.45) is 0 Å². The second kappa shape index (κ2) is 8.96. The number of ether oxygens (including phenoxy) is 2. The molecule has 128 valence electrons. The van der Waals surface area contributed by atoms with Gasteiger partial charge in [-0.05, 0) is 55.7 Å². The van der Waals surface area contributed by atoms with Gasteiger partial charge in [0.25, 0.3) is 5.91 Å². The Morgan fingerprint density at radius 1 is 1.04 bits per heavy atom. The maximum absolute atomic E-state index is 12.1. The lowest BCUT2D eigenvalue weighted by atomic mass is 10.1. The van der Waals surface area contributed by atoms with E-state index < -0.39 is 0 Å². The predicted molar refractivity (Wildman–Crippen MR) is 96.9 cm³/mol. The third-order valence-electron chi connectivity index (χ3n) is 3.76. The van der Waals surface area contributed by atoms with Crippen molar-refractivity contribution in [3.05, 3.63) is 53.6 Å². The van der Waals surface area contributed by atoms with Gasteiger partial charge in [0.15, 0.2) is 6.61 Å². The summed E-state index contributed by atoms with van der Waals surface area (Å²) in [4.78, 5) is 12.1. The Balaban J connectivity index is 1.91. The highest BCUT2D eigenvalue weighted by Gasteiger charge is 2.08. The summed E-state index contributed by atoms with van der Waals surface area (Å²) in [6, 6.07) is 13.2. The number of rotatable bonds is 8. The number of benzene rings is 2. The Morgan fingerprint density at radius 2 is 1.83 bits per heavy atom. The number of hydrogen-bond acceptors (Lipinski definition) is 3. The molecule has 0 spiro atoms. The lowest BCUT2D eigenvalue weighted by Gasteiger charge is -2.13. The quantitative estimate of drug-likeness (QED) is 0.726. The van der Waals surface area contributed by atoms with E-state index in [9.17, 15) is 4.79 Å². The number of hydrogen-bond donors (Lipinski definition) is 1. The van der Waals surface area contributed by atoms with Crippen LogP contribution in [0.2, 0.25) is 0 Å². The highest BCUT2D eigenvalue weighted by atomic mass is 16.5. The van der Waals surface area contributed by atoms with Gasteiger partial charge in [-0.15, -0.1) is 0 Å². The molecule has 0 bridgehead atoms. The molecule has 0 atom stereocenters. The topological polar surface area (TPSA) is 47.6 Å². The molecule has 2 rings (SSSR count). The molecule has 4 heteroatoms. The summed E-state index contributed by atoms with van der Waals surface area (Å²) in [6.45, 7) is 6.78. The normalized spacial score (nSPS) is 10.3. The SMILES string of the molecule is CCCCOc1ccccc1NC(=O)COc1ccc(C)c(C)c1. The second-order valence-corrected chi connectivity index (χ2v) is 5.78. The van der Waals surface area contributed by atoms with Crippen molar-refractivity contribution < 1.29 is 14.3 Å². The Kier molecular flexibility index (Phi) is 6.67. The molecule has 0 aliphatic rings. The molecule has 0 saturated carbocycles. The molecule has 0 aliphatic carbocycles. The number of para-hydroxylation sites is 2. The number of aryl methyl sites for hydroxylation is 2. The summed E-state index contributed by atoms with van der Waals surface area (Å²) in [5.74, 6) is 1.17. The first kappa shape index (κ1) is 17.9. The number of carbonyl (C=O) groups is 1. The van der Waals surface area contributed by atoms with Crippen molar-refractivity contribution in [1.29, 1.82) is 0 Å². The largest absolute Gasteiger partial charge is 0.491 e. The molecule has 0 aromatic heterocycles. The van der Waals surface area contributed by atoms with Gasteiger partial charge in [-0.2, -0.15) is 0 Å². The number of nitrogens with one attached hydrogen (secondary N) is 1. The Morgan fingerprint density at radius 3 is 2.58 bits per heavy atom. The highest BCUT2D eigenvalue weighted by molar-refractivity contribution is 5.93. The zero-order valence-electron chi connectivity index (χ0n) is 14.6. The van der Waals surface area contributed by atoms with E-state index in [0.29, 0.717) is 23.8 Å². The second-order valence-electron chi connectivity index (χ2n) is 5.78. The van der Waals surface area contributed by atoms with Gasteiger partial charge < -0.3 is 14.8 Å². The fourth-order valence-electron chi connectivity index (χ4n) is 2.16. The molecule has 24 heavy (non-hydrogen) atoms. The summed E-state index contributed by atoms with van der Waals surface area (Å²) < 4.78 is 11.3. The summed E-state index contributed by atoms with van der Waals surface area (Å²) in [5, 5.41) is 2.84. The average Bonchev–Trinajstić information content (AvgIpc) is 2.58. The number of amides is 1. The third-order valence-corrected chi connectivity index (χ3v) is 3.76. The van der Waals surface area contributed by atoms with Crippen molar-refractivity contribution in [2.45, 2.75) is 33.6 Å². The zero-order chi connectivity index (χ0) is 17.4. The molecule has 0 fully saturated rings. The maximum Gasteiger partial charge on any atom is 0.262 e. The van der Waals surface area contributed by atoms with Gasteiger partial charge in [0.1, 0.15) is 11.5 Å². The van der Waals surface area contributed by atoms with E-state index in [1.807, 2.05) is 56.3 Å². The van der Waals surface area contributed by atoms with Crippen LogP contribution in [0.5, 0.6) is 11.5 Å². The first-order valence-corrected chi connectivity index (χ1v) is 8.32. The molecular weight excluding hydrogens is 302 g/mol. The molecule has 0 radical (unpaired) electrons. The molecule has 1 N–H and O–H groups in total. The average molecular weight is 327 g/mol. The van der Waals surface area contributed by atoms with Crippen LogP contribution in [0.1, 0.15) is 30.9 Å². The Hall–Kier alpha value is -2.49. The minimum atomic E-state index is -0.209. The molecule has 4 nitrogen and oxygen atoms in total. The van der Waals surface area contributed by atoms with E-state index in [-0.39, 0.29) is 12.5 Å². The van der Waals surface area contributed by atoms with Crippen LogP contribution in [-0.4, -0.2) is 19.1 Å². The molecule has 0 unspecified atom stereocenters. The van der Waals surface area contributed by atoms with Gasteiger partial charge in [0.2, 0.25) is 0 Å². The molecule has 0 saturated heterocycles. The number of unbranched alkanes of at least 4 members (excludes halogenated alkanes) is 1. The van der Waals surface area contributed by atoms with E-state index >= 15 is 0 Å². The third kappa shape index (κ3) is 5.30. The predicted octanol–water partition coefficient (Wildman–Crippen LogP) is 4.50. The van der Waals surface area contributed by atoms with Gasteiger partial charge in [-0.1, -0.05) is 31.5 Å². The fourth-order valence-corrected chi connectivity index (χ4v) is 2.16. The van der Waals surface area contributed by atoms with Crippen LogP contribution in [0.4, 0.5) is 5.69 Å². The zero-order valence-corrected chi connectivity index (χ0v) is 14.6. The number of carbonyl (C=O) groups excluding carboxylic acids is 1. The van der Waals surface area contributed by atoms with Crippen molar-refractivity contribution in [2.75, 3.05) is 18.5 Å². The van der Waals surface area contributed by atoms with Gasteiger partial charge in [-0.3, -0.25) is 4.79 Å². The van der Waals surface area contributed by atoms with Gasteiger partial charge in [0, 0.05) is 0 Å². The van der Waals surface area contributed by atoms with E-state index in [1.165, 1.54) is 5.56 Å². The lowest BCUT2D eigenvalue weighted by Crippen LogP contribution is -2.20. The van der Waals surface area contributed by atoms with E-state index in [4.69, 9.17) is 9.47 Å². The minimum Gasteiger partial charge on any atom is -0.491 e. The van der Waals surface area contributed by atoms with Crippen LogP contribution in [0, 0.1) is 13.8 Å². The van der Waals surface area contributed by atoms with Gasteiger partial charge in [0.05, 0.1) is 12.3 Å². The highest BCUT2D eigenvalue weighted by Crippen LogP contribution is 2.24. The monoisotopic (exact) mass is 327 g/mol. The first-order valence-electron chi connectivity index (χ1n) is 8.32. The van der Waals surface area contributed by atoms with Crippen LogP contribution in [0.15, 0.2) is 42.5 Å². The fraction of sp³-hybridized carbons (Fsp3) is 0.350. The van der Waals surface area contributed by atoms with Crippen molar-refractivity contribution in [3.63, 3.8) is 0 Å². The Labute approximate surface area is 143 Å². The van der Waals surface area contributed by atoms with Crippen LogP contribution < -0.4 is 14.8 Å². The van der Waals surface area contributed by atoms with Crippen molar-refractivity contribution in [1.82, 2.24) is 0 Å². The summed E-state index contributed by atoms with van der Waals surface area (Å²) in [5.41, 5.74) is 3.01. The first-order chi connectivity index (χ1) is 11.6. The van der Waals surface area contributed by atoms with Gasteiger partial charge >= 0.3 is 0 Å². The van der Waals surface area contributed by atoms with E-state index in [0.717, 1.165) is 18.4 Å². The molecule has 0 heterocycles. The van der Waals surface area contributed by atoms with Crippen molar-refractivity contribution in [3.8, 4) is 11.5 Å². The number of anilines is 1. The summed E-state index contributed by atoms with van der Waals surface area (Å²) in [7, 11) is 0. The minimum absolute atomic E-state index is 0.0359. The van der Waals surface area contributed by atoms with Crippen LogP contribution in [-0.2, 0) is 4.79 Å². The standard InChI is InChI=1S/C20H25NO3/c1-4-5-12-23-19-9-7-6-8-18(19)21-20(22)14-24-17-11-10-15(2)16(3)13-17/h6-11,13H,4-5,12,14H2,1-3H3,(H,21,22). The molecular formula is C20H25NO3. The lowest BCUT2D eigenvalue weighted by molar-refractivity contribution is -0.118. The molecule has 2 aromatic carbocycles. The van der Waals surface area contributed by atoms with Crippen molar-refractivity contribution >= 4 is 11.6 Å². The van der Waals surface area contributed by atoms with Crippen LogP contribution in [0.25, 0.3) is 0 Å². The molecule has 2 aromatic rings. The van der Waals surface area contributed by atoms with Crippen LogP contribution >= 0.6 is 0 Å². The van der Waals surface area contributed by atoms with E-state index in [2.05, 4.69) is 12.2 Å². The van der Waals surface area contributed by atoms with Crippen LogP contribution in [0.3, 0.4) is 0 Å².